The van der Waals surface area contributed by atoms with E-state index in [4.69, 9.17) is 27.9 Å². The molecule has 0 unspecified atom stereocenters. The number of sulfonamides is 1. The third kappa shape index (κ3) is 4.88. The second-order valence-corrected chi connectivity index (χ2v) is 8.64. The number of carbonyl (C=O) groups excluding carboxylic acids is 1. The Kier molecular flexibility index (Phi) is 6.52. The molecule has 2 rings (SSSR count). The van der Waals surface area contributed by atoms with Gasteiger partial charge in [0.15, 0.2) is 6.61 Å². The van der Waals surface area contributed by atoms with Crippen molar-refractivity contribution in [3.05, 3.63) is 52.0 Å². The molecule has 0 spiro atoms. The molecule has 0 fully saturated rings. The summed E-state index contributed by atoms with van der Waals surface area (Å²) in [6.07, 6.45) is 0. The van der Waals surface area contributed by atoms with Gasteiger partial charge >= 0.3 is 0 Å². The number of hydrogen-bond donors (Lipinski definition) is 1. The van der Waals surface area contributed by atoms with Crippen molar-refractivity contribution in [2.45, 2.75) is 11.8 Å². The van der Waals surface area contributed by atoms with E-state index >= 15 is 0 Å². The maximum Gasteiger partial charge on any atom is 0.262 e. The van der Waals surface area contributed by atoms with Gasteiger partial charge in [-0.2, -0.15) is 0 Å². The average Bonchev–Trinajstić information content (AvgIpc) is 2.57. The van der Waals surface area contributed by atoms with Gasteiger partial charge in [0.05, 0.1) is 9.92 Å². The average molecular weight is 417 g/mol. The van der Waals surface area contributed by atoms with Crippen molar-refractivity contribution in [3.8, 4) is 5.75 Å². The third-order valence-corrected chi connectivity index (χ3v) is 5.99. The summed E-state index contributed by atoms with van der Waals surface area (Å²) in [4.78, 5) is 12.2. The van der Waals surface area contributed by atoms with Gasteiger partial charge in [0.1, 0.15) is 5.75 Å². The highest BCUT2D eigenvalue weighted by molar-refractivity contribution is 7.89. The number of rotatable bonds is 6. The van der Waals surface area contributed by atoms with Crippen molar-refractivity contribution >= 4 is 44.8 Å². The zero-order chi connectivity index (χ0) is 19.5. The lowest BCUT2D eigenvalue weighted by Gasteiger charge is -2.15. The first kappa shape index (κ1) is 20.5. The molecule has 1 N–H and O–H groups in total. The molecule has 0 aromatic heterocycles. The van der Waals surface area contributed by atoms with E-state index in [1.807, 2.05) is 0 Å². The van der Waals surface area contributed by atoms with Gasteiger partial charge in [-0.05, 0) is 36.8 Å². The van der Waals surface area contributed by atoms with Gasteiger partial charge in [-0.25, -0.2) is 12.7 Å². The Morgan fingerprint density at radius 1 is 1.15 bits per heavy atom. The molecule has 2 aromatic carbocycles. The van der Waals surface area contributed by atoms with Gasteiger partial charge in [0.25, 0.3) is 5.91 Å². The minimum absolute atomic E-state index is 0.124. The normalized spacial score (nSPS) is 11.5. The third-order valence-electron chi connectivity index (χ3n) is 3.48. The second-order valence-electron chi connectivity index (χ2n) is 5.68. The lowest BCUT2D eigenvalue weighted by atomic mass is 10.2. The molecule has 26 heavy (non-hydrogen) atoms. The summed E-state index contributed by atoms with van der Waals surface area (Å²) in [6.45, 7) is 1.38. The van der Waals surface area contributed by atoms with E-state index in [9.17, 15) is 13.2 Å². The number of anilines is 1. The summed E-state index contributed by atoms with van der Waals surface area (Å²) in [6, 6.07) is 9.33. The Labute approximate surface area is 162 Å². The number of carbonyl (C=O) groups is 1. The lowest BCUT2D eigenvalue weighted by molar-refractivity contribution is -0.118. The maximum atomic E-state index is 12.3. The van der Waals surface area contributed by atoms with Crippen molar-refractivity contribution in [2.24, 2.45) is 0 Å². The quantitative estimate of drug-likeness (QED) is 0.780. The Balaban J connectivity index is 2.11. The molecule has 2 aromatic rings. The Morgan fingerprint density at radius 3 is 2.50 bits per heavy atom. The maximum absolute atomic E-state index is 12.3. The minimum atomic E-state index is -3.61. The number of halogens is 2. The van der Waals surface area contributed by atoms with E-state index in [0.717, 1.165) is 4.31 Å². The minimum Gasteiger partial charge on any atom is -0.482 e. The number of ether oxygens (including phenoxy) is 1. The smallest absolute Gasteiger partial charge is 0.262 e. The first-order valence-electron chi connectivity index (χ1n) is 7.52. The van der Waals surface area contributed by atoms with Crippen LogP contribution < -0.4 is 10.1 Å². The van der Waals surface area contributed by atoms with Gasteiger partial charge in [0.2, 0.25) is 10.0 Å². The molecule has 0 bridgehead atoms. The molecule has 0 saturated heterocycles. The van der Waals surface area contributed by atoms with Crippen LogP contribution in [0.15, 0.2) is 41.3 Å². The van der Waals surface area contributed by atoms with Crippen molar-refractivity contribution in [2.75, 3.05) is 26.0 Å². The van der Waals surface area contributed by atoms with Gasteiger partial charge in [0, 0.05) is 30.9 Å². The number of nitrogens with one attached hydrogen (secondary N) is 1. The molecule has 0 atom stereocenters. The van der Waals surface area contributed by atoms with Crippen LogP contribution in [0.2, 0.25) is 10.0 Å². The van der Waals surface area contributed by atoms with Crippen molar-refractivity contribution < 1.29 is 17.9 Å². The number of benzene rings is 2. The molecule has 0 heterocycles. The van der Waals surface area contributed by atoms with Crippen molar-refractivity contribution in [1.82, 2.24) is 4.31 Å². The summed E-state index contributed by atoms with van der Waals surface area (Å²) in [7, 11) is -0.719. The number of amides is 1. The number of nitrogens with zero attached hydrogens (tertiary/aromatic N) is 1. The largest absolute Gasteiger partial charge is 0.482 e. The van der Waals surface area contributed by atoms with Crippen molar-refractivity contribution in [3.63, 3.8) is 0 Å². The van der Waals surface area contributed by atoms with E-state index in [-0.39, 0.29) is 17.3 Å². The molecular formula is C17H18Cl2N2O4S. The topological polar surface area (TPSA) is 75.7 Å². The van der Waals surface area contributed by atoms with E-state index < -0.39 is 15.9 Å². The molecule has 0 aliphatic heterocycles. The summed E-state index contributed by atoms with van der Waals surface area (Å²) >= 11 is 11.8. The summed E-state index contributed by atoms with van der Waals surface area (Å²) in [5.41, 5.74) is 0.931. The Bertz CT molecular complexity index is 930. The van der Waals surface area contributed by atoms with E-state index in [0.29, 0.717) is 21.3 Å². The highest BCUT2D eigenvalue weighted by atomic mass is 35.5. The fourth-order valence-corrected chi connectivity index (χ4v) is 3.56. The van der Waals surface area contributed by atoms with E-state index in [1.165, 1.54) is 26.2 Å². The summed E-state index contributed by atoms with van der Waals surface area (Å²) < 4.78 is 31.1. The van der Waals surface area contributed by atoms with Gasteiger partial charge in [-0.1, -0.05) is 29.3 Å². The standard InChI is InChI=1S/C17H18Cl2N2O4S/c1-11-4-6-13(9-16(11)26(23,24)21(2)3)20-17(22)10-25-15-8-12(18)5-7-14(15)19/h4-9H,10H2,1-3H3,(H,20,22). The molecule has 0 saturated carbocycles. The van der Waals surface area contributed by atoms with Crippen LogP contribution in [0.4, 0.5) is 5.69 Å². The monoisotopic (exact) mass is 416 g/mol. The molecule has 9 heteroatoms. The number of hydrogen-bond acceptors (Lipinski definition) is 4. The zero-order valence-electron chi connectivity index (χ0n) is 14.4. The Hall–Kier alpha value is -1.80. The van der Waals surface area contributed by atoms with E-state index in [1.54, 1.807) is 31.2 Å². The fraction of sp³-hybridized carbons (Fsp3) is 0.235. The predicted molar refractivity (Wildman–Crippen MR) is 103 cm³/mol. The van der Waals surface area contributed by atoms with Crippen molar-refractivity contribution in [1.29, 1.82) is 0 Å². The van der Waals surface area contributed by atoms with Gasteiger partial charge in [-0.3, -0.25) is 4.79 Å². The Morgan fingerprint density at radius 2 is 1.85 bits per heavy atom. The number of aryl methyl sites for hydroxylation is 1. The van der Waals surface area contributed by atoms with Crippen LogP contribution in [0.5, 0.6) is 5.75 Å². The molecule has 0 aliphatic rings. The molecule has 1 amide bonds. The van der Waals surface area contributed by atoms with Crippen LogP contribution in [0.1, 0.15) is 5.56 Å². The summed E-state index contributed by atoms with van der Waals surface area (Å²) in [5.74, 6) is -0.174. The molecule has 140 valence electrons. The van der Waals surface area contributed by atoms with E-state index in [2.05, 4.69) is 5.32 Å². The van der Waals surface area contributed by atoms with Crippen LogP contribution in [0, 0.1) is 6.92 Å². The zero-order valence-corrected chi connectivity index (χ0v) is 16.7. The van der Waals surface area contributed by atoms with Crippen LogP contribution in [-0.4, -0.2) is 39.3 Å². The second kappa shape index (κ2) is 8.26. The molecular weight excluding hydrogens is 399 g/mol. The fourth-order valence-electron chi connectivity index (χ4n) is 2.08. The van der Waals surface area contributed by atoms with Crippen LogP contribution in [0.3, 0.4) is 0 Å². The molecule has 6 nitrogen and oxygen atoms in total. The van der Waals surface area contributed by atoms with Crippen LogP contribution in [0.25, 0.3) is 0 Å². The first-order valence-corrected chi connectivity index (χ1v) is 9.71. The molecule has 0 aliphatic carbocycles. The SMILES string of the molecule is Cc1ccc(NC(=O)COc2cc(Cl)ccc2Cl)cc1S(=O)(=O)N(C)C. The summed E-state index contributed by atoms with van der Waals surface area (Å²) in [5, 5.41) is 3.36. The van der Waals surface area contributed by atoms with Gasteiger partial charge in [-0.15, -0.1) is 0 Å². The predicted octanol–water partition coefficient (Wildman–Crippen LogP) is 3.57. The van der Waals surface area contributed by atoms with Gasteiger partial charge < -0.3 is 10.1 Å². The highest BCUT2D eigenvalue weighted by Crippen LogP contribution is 2.27. The highest BCUT2D eigenvalue weighted by Gasteiger charge is 2.20. The first-order chi connectivity index (χ1) is 12.1. The van der Waals surface area contributed by atoms with Crippen LogP contribution >= 0.6 is 23.2 Å². The lowest BCUT2D eigenvalue weighted by Crippen LogP contribution is -2.24. The molecule has 0 radical (unpaired) electrons. The van der Waals surface area contributed by atoms with Crippen LogP contribution in [-0.2, 0) is 14.8 Å².